The number of halogens is 3. The molecule has 2 nitrogen and oxygen atoms in total. The molecule has 98 valence electrons. The largest absolute Gasteiger partial charge is 0.348 e. The first-order chi connectivity index (χ1) is 9.09. The number of carbonyl (C=O) groups excluding carboxylic acids is 1. The molecule has 0 aromatic heterocycles. The zero-order valence-corrected chi connectivity index (χ0v) is 11.3. The van der Waals surface area contributed by atoms with E-state index in [1.165, 1.54) is 6.07 Å². The maximum Gasteiger partial charge on any atom is 0.254 e. The van der Waals surface area contributed by atoms with Gasteiger partial charge in [0, 0.05) is 12.1 Å². The first-order valence-electron chi connectivity index (χ1n) is 5.55. The van der Waals surface area contributed by atoms with Crippen molar-refractivity contribution in [1.82, 2.24) is 5.32 Å². The second-order valence-electron chi connectivity index (χ2n) is 3.87. The summed E-state index contributed by atoms with van der Waals surface area (Å²) in [6.07, 6.45) is 0. The lowest BCUT2D eigenvalue weighted by Gasteiger charge is -2.08. The van der Waals surface area contributed by atoms with Gasteiger partial charge in [0.2, 0.25) is 0 Å². The van der Waals surface area contributed by atoms with E-state index in [9.17, 15) is 9.18 Å². The molecule has 0 aliphatic carbocycles. The predicted octanol–water partition coefficient (Wildman–Crippen LogP) is 4.06. The van der Waals surface area contributed by atoms with Crippen LogP contribution >= 0.6 is 23.2 Å². The summed E-state index contributed by atoms with van der Waals surface area (Å²) in [6, 6.07) is 11.0. The minimum absolute atomic E-state index is 0.0764. The van der Waals surface area contributed by atoms with Gasteiger partial charge < -0.3 is 5.32 Å². The third-order valence-electron chi connectivity index (χ3n) is 2.59. The average molecular weight is 298 g/mol. The van der Waals surface area contributed by atoms with E-state index < -0.39 is 5.91 Å². The van der Waals surface area contributed by atoms with Gasteiger partial charge in [0.1, 0.15) is 5.82 Å². The predicted molar refractivity (Wildman–Crippen MR) is 74.0 cm³/mol. The fourth-order valence-electron chi connectivity index (χ4n) is 1.62. The first-order valence-corrected chi connectivity index (χ1v) is 6.31. The average Bonchev–Trinajstić information content (AvgIpc) is 2.37. The number of amides is 1. The lowest BCUT2D eigenvalue weighted by Crippen LogP contribution is -2.24. The van der Waals surface area contributed by atoms with Crippen molar-refractivity contribution in [2.24, 2.45) is 0 Å². The number of hydrogen-bond acceptors (Lipinski definition) is 1. The van der Waals surface area contributed by atoms with Crippen molar-refractivity contribution in [2.75, 3.05) is 0 Å². The van der Waals surface area contributed by atoms with Gasteiger partial charge in [0.05, 0.1) is 15.6 Å². The van der Waals surface area contributed by atoms with Crippen LogP contribution < -0.4 is 5.32 Å². The smallest absolute Gasteiger partial charge is 0.254 e. The van der Waals surface area contributed by atoms with Crippen molar-refractivity contribution in [3.63, 3.8) is 0 Å². The maximum atomic E-state index is 13.4. The standard InChI is InChI=1S/C14H10Cl2FNO/c15-10-5-3-6-11(16)13(10)14(19)18-8-9-4-1-2-7-12(9)17/h1-7H,8H2,(H,18,19). The molecular weight excluding hydrogens is 288 g/mol. The maximum absolute atomic E-state index is 13.4. The summed E-state index contributed by atoms with van der Waals surface area (Å²) in [5.74, 6) is -0.799. The van der Waals surface area contributed by atoms with Crippen LogP contribution in [0.1, 0.15) is 15.9 Å². The molecule has 0 aliphatic heterocycles. The second-order valence-corrected chi connectivity index (χ2v) is 4.69. The van der Waals surface area contributed by atoms with Gasteiger partial charge in [-0.3, -0.25) is 4.79 Å². The van der Waals surface area contributed by atoms with Gasteiger partial charge in [-0.2, -0.15) is 0 Å². The lowest BCUT2D eigenvalue weighted by molar-refractivity contribution is 0.0951. The van der Waals surface area contributed by atoms with Crippen molar-refractivity contribution in [2.45, 2.75) is 6.54 Å². The Labute approximate surface area is 120 Å². The Bertz CT molecular complexity index is 596. The molecule has 5 heteroatoms. The Balaban J connectivity index is 2.13. The highest BCUT2D eigenvalue weighted by atomic mass is 35.5. The number of rotatable bonds is 3. The van der Waals surface area contributed by atoms with E-state index in [4.69, 9.17) is 23.2 Å². The van der Waals surface area contributed by atoms with Crippen molar-refractivity contribution in [3.8, 4) is 0 Å². The molecule has 0 aliphatic rings. The Kier molecular flexibility index (Phi) is 4.40. The third kappa shape index (κ3) is 3.25. The van der Waals surface area contributed by atoms with Crippen LogP contribution in [0, 0.1) is 5.82 Å². The number of nitrogens with one attached hydrogen (secondary N) is 1. The number of benzene rings is 2. The van der Waals surface area contributed by atoms with Gasteiger partial charge in [-0.25, -0.2) is 4.39 Å². The van der Waals surface area contributed by atoms with Crippen LogP contribution in [0.3, 0.4) is 0 Å². The van der Waals surface area contributed by atoms with E-state index in [-0.39, 0.29) is 28.0 Å². The highest BCUT2D eigenvalue weighted by Crippen LogP contribution is 2.24. The van der Waals surface area contributed by atoms with Crippen molar-refractivity contribution >= 4 is 29.1 Å². The molecule has 2 rings (SSSR count). The summed E-state index contributed by atoms with van der Waals surface area (Å²) in [4.78, 5) is 12.0. The molecule has 0 atom stereocenters. The molecule has 0 saturated carbocycles. The van der Waals surface area contributed by atoms with E-state index in [0.717, 1.165) is 0 Å². The highest BCUT2D eigenvalue weighted by Gasteiger charge is 2.14. The van der Waals surface area contributed by atoms with Crippen LogP contribution in [-0.4, -0.2) is 5.91 Å². The summed E-state index contributed by atoms with van der Waals surface area (Å²) in [5.41, 5.74) is 0.598. The zero-order valence-electron chi connectivity index (χ0n) is 9.79. The van der Waals surface area contributed by atoms with Crippen molar-refractivity contribution in [3.05, 3.63) is 69.5 Å². The van der Waals surface area contributed by atoms with Crippen molar-refractivity contribution in [1.29, 1.82) is 0 Å². The lowest BCUT2D eigenvalue weighted by atomic mass is 10.2. The fourth-order valence-corrected chi connectivity index (χ4v) is 2.19. The van der Waals surface area contributed by atoms with Gasteiger partial charge in [-0.15, -0.1) is 0 Å². The molecular formula is C14H10Cl2FNO. The minimum atomic E-state index is -0.432. The highest BCUT2D eigenvalue weighted by molar-refractivity contribution is 6.39. The van der Waals surface area contributed by atoms with E-state index >= 15 is 0 Å². The molecule has 0 spiro atoms. The number of hydrogen-bond donors (Lipinski definition) is 1. The zero-order chi connectivity index (χ0) is 13.8. The normalized spacial score (nSPS) is 10.3. The Hall–Kier alpha value is -1.58. The summed E-state index contributed by atoms with van der Waals surface area (Å²) in [5, 5.41) is 3.11. The van der Waals surface area contributed by atoms with Gasteiger partial charge in [0.15, 0.2) is 0 Å². The third-order valence-corrected chi connectivity index (χ3v) is 3.22. The topological polar surface area (TPSA) is 29.1 Å². The SMILES string of the molecule is O=C(NCc1ccccc1F)c1c(Cl)cccc1Cl. The van der Waals surface area contributed by atoms with Crippen LogP contribution in [-0.2, 0) is 6.54 Å². The van der Waals surface area contributed by atoms with Crippen LogP contribution in [0.15, 0.2) is 42.5 Å². The van der Waals surface area contributed by atoms with E-state index in [1.54, 1.807) is 36.4 Å². The molecule has 19 heavy (non-hydrogen) atoms. The Morgan fingerprint density at radius 1 is 1.05 bits per heavy atom. The summed E-state index contributed by atoms with van der Waals surface area (Å²) >= 11 is 11.8. The van der Waals surface area contributed by atoms with Crippen LogP contribution in [0.2, 0.25) is 10.0 Å². The molecule has 0 fully saturated rings. The molecule has 0 unspecified atom stereocenters. The molecule has 1 N–H and O–H groups in total. The van der Waals surface area contributed by atoms with E-state index in [2.05, 4.69) is 5.32 Å². The number of carbonyl (C=O) groups is 1. The first kappa shape index (κ1) is 13.8. The summed E-state index contributed by atoms with van der Waals surface area (Å²) in [7, 11) is 0. The monoisotopic (exact) mass is 297 g/mol. The van der Waals surface area contributed by atoms with Crippen LogP contribution in [0.25, 0.3) is 0 Å². The molecule has 2 aromatic carbocycles. The Morgan fingerprint density at radius 2 is 1.68 bits per heavy atom. The molecule has 0 bridgehead atoms. The molecule has 0 saturated heterocycles. The molecule has 2 aromatic rings. The van der Waals surface area contributed by atoms with Crippen molar-refractivity contribution < 1.29 is 9.18 Å². The van der Waals surface area contributed by atoms with Gasteiger partial charge in [-0.05, 0) is 18.2 Å². The fraction of sp³-hybridized carbons (Fsp3) is 0.0714. The Morgan fingerprint density at radius 3 is 2.32 bits per heavy atom. The second kappa shape index (κ2) is 6.04. The van der Waals surface area contributed by atoms with Crippen LogP contribution in [0.5, 0.6) is 0 Å². The van der Waals surface area contributed by atoms with Gasteiger partial charge in [0.25, 0.3) is 5.91 Å². The molecule has 0 radical (unpaired) electrons. The molecule has 1 amide bonds. The molecule has 0 heterocycles. The van der Waals surface area contributed by atoms with Gasteiger partial charge >= 0.3 is 0 Å². The van der Waals surface area contributed by atoms with E-state index in [1.807, 2.05) is 0 Å². The van der Waals surface area contributed by atoms with E-state index in [0.29, 0.717) is 5.56 Å². The van der Waals surface area contributed by atoms with Crippen LogP contribution in [0.4, 0.5) is 4.39 Å². The summed E-state index contributed by atoms with van der Waals surface area (Å²) in [6.45, 7) is 0.0764. The summed E-state index contributed by atoms with van der Waals surface area (Å²) < 4.78 is 13.4. The van der Waals surface area contributed by atoms with Gasteiger partial charge in [-0.1, -0.05) is 47.5 Å². The minimum Gasteiger partial charge on any atom is -0.348 e. The quantitative estimate of drug-likeness (QED) is 0.909.